The standard InChI is InChI=1S/C13H16O4S/c1-4-9(2)12(14)13(15)10-5-7-11(8-6-10)18(3,16)17/h5-9H,4H2,1-3H3. The van der Waals surface area contributed by atoms with E-state index in [1.54, 1.807) is 6.92 Å². The summed E-state index contributed by atoms with van der Waals surface area (Å²) < 4.78 is 22.5. The Bertz CT molecular complexity index is 555. The van der Waals surface area contributed by atoms with E-state index in [2.05, 4.69) is 0 Å². The van der Waals surface area contributed by atoms with E-state index in [1.807, 2.05) is 6.92 Å². The van der Waals surface area contributed by atoms with Gasteiger partial charge in [-0.2, -0.15) is 0 Å². The smallest absolute Gasteiger partial charge is 0.228 e. The number of sulfone groups is 1. The van der Waals surface area contributed by atoms with Crippen molar-refractivity contribution < 1.29 is 18.0 Å². The molecule has 0 fully saturated rings. The Morgan fingerprint density at radius 2 is 1.67 bits per heavy atom. The molecule has 0 heterocycles. The van der Waals surface area contributed by atoms with E-state index >= 15 is 0 Å². The van der Waals surface area contributed by atoms with Crippen LogP contribution in [0.15, 0.2) is 29.2 Å². The Balaban J connectivity index is 3.00. The van der Waals surface area contributed by atoms with Crippen LogP contribution in [-0.4, -0.2) is 26.2 Å². The zero-order chi connectivity index (χ0) is 13.9. The van der Waals surface area contributed by atoms with E-state index in [0.717, 1.165) is 6.26 Å². The van der Waals surface area contributed by atoms with Crippen molar-refractivity contribution in [2.75, 3.05) is 6.26 Å². The van der Waals surface area contributed by atoms with E-state index in [1.165, 1.54) is 24.3 Å². The van der Waals surface area contributed by atoms with Gasteiger partial charge in [-0.3, -0.25) is 9.59 Å². The highest BCUT2D eigenvalue weighted by molar-refractivity contribution is 7.90. The molecule has 0 radical (unpaired) electrons. The van der Waals surface area contributed by atoms with Crippen LogP contribution in [0, 0.1) is 5.92 Å². The van der Waals surface area contributed by atoms with Crippen LogP contribution in [0.1, 0.15) is 30.6 Å². The number of hydrogen-bond donors (Lipinski definition) is 0. The second kappa shape index (κ2) is 5.44. The largest absolute Gasteiger partial charge is 0.290 e. The summed E-state index contributed by atoms with van der Waals surface area (Å²) in [4.78, 5) is 23.6. The molecule has 1 unspecified atom stereocenters. The first-order chi connectivity index (χ1) is 8.27. The fraction of sp³-hybridized carbons (Fsp3) is 0.385. The Kier molecular flexibility index (Phi) is 4.40. The Labute approximate surface area is 107 Å². The molecule has 5 heteroatoms. The summed E-state index contributed by atoms with van der Waals surface area (Å²) in [7, 11) is -3.28. The molecule has 0 aliphatic heterocycles. The summed E-state index contributed by atoms with van der Waals surface area (Å²) in [5, 5.41) is 0. The number of benzene rings is 1. The molecule has 0 saturated carbocycles. The Morgan fingerprint density at radius 3 is 2.06 bits per heavy atom. The third kappa shape index (κ3) is 3.26. The number of Topliss-reactive ketones (excluding diaryl/α,β-unsaturated/α-hetero) is 2. The number of hydrogen-bond acceptors (Lipinski definition) is 4. The molecule has 0 saturated heterocycles. The normalized spacial score (nSPS) is 13.1. The van der Waals surface area contributed by atoms with Crippen molar-refractivity contribution in [1.82, 2.24) is 0 Å². The highest BCUT2D eigenvalue weighted by atomic mass is 32.2. The average molecular weight is 268 g/mol. The second-order valence-electron chi connectivity index (χ2n) is 4.30. The first kappa shape index (κ1) is 14.6. The van der Waals surface area contributed by atoms with Gasteiger partial charge in [0.15, 0.2) is 9.84 Å². The summed E-state index contributed by atoms with van der Waals surface area (Å²) in [5.41, 5.74) is 0.229. The molecule has 4 nitrogen and oxygen atoms in total. The molecule has 98 valence electrons. The monoisotopic (exact) mass is 268 g/mol. The van der Waals surface area contributed by atoms with Crippen LogP contribution in [0.4, 0.5) is 0 Å². The van der Waals surface area contributed by atoms with Crippen LogP contribution in [-0.2, 0) is 14.6 Å². The van der Waals surface area contributed by atoms with E-state index < -0.39 is 21.4 Å². The molecule has 18 heavy (non-hydrogen) atoms. The summed E-state index contributed by atoms with van der Waals surface area (Å²) in [6.07, 6.45) is 1.69. The van der Waals surface area contributed by atoms with Crippen molar-refractivity contribution in [3.8, 4) is 0 Å². The van der Waals surface area contributed by atoms with Gasteiger partial charge in [0.25, 0.3) is 0 Å². The summed E-state index contributed by atoms with van der Waals surface area (Å²) in [5.74, 6) is -1.32. The lowest BCUT2D eigenvalue weighted by Crippen LogP contribution is -2.21. The molecule has 1 atom stereocenters. The third-order valence-electron chi connectivity index (χ3n) is 2.83. The molecule has 0 amide bonds. The van der Waals surface area contributed by atoms with Gasteiger partial charge in [-0.1, -0.05) is 13.8 Å². The lowest BCUT2D eigenvalue weighted by molar-refractivity contribution is -0.118. The molecule has 1 aromatic carbocycles. The van der Waals surface area contributed by atoms with E-state index in [4.69, 9.17) is 0 Å². The average Bonchev–Trinajstić information content (AvgIpc) is 2.35. The molecule has 0 spiro atoms. The van der Waals surface area contributed by atoms with Crippen molar-refractivity contribution in [3.05, 3.63) is 29.8 Å². The van der Waals surface area contributed by atoms with Gasteiger partial charge >= 0.3 is 0 Å². The fourth-order valence-electron chi connectivity index (χ4n) is 1.40. The minimum Gasteiger partial charge on any atom is -0.290 e. The first-order valence-electron chi connectivity index (χ1n) is 5.66. The molecular weight excluding hydrogens is 252 g/mol. The molecule has 0 aliphatic rings. The minimum absolute atomic E-state index is 0.134. The maximum Gasteiger partial charge on any atom is 0.228 e. The van der Waals surface area contributed by atoms with Crippen molar-refractivity contribution in [1.29, 1.82) is 0 Å². The Morgan fingerprint density at radius 1 is 1.17 bits per heavy atom. The van der Waals surface area contributed by atoms with Gasteiger partial charge in [-0.15, -0.1) is 0 Å². The molecular formula is C13H16O4S. The number of rotatable bonds is 5. The van der Waals surface area contributed by atoms with Crippen molar-refractivity contribution >= 4 is 21.4 Å². The van der Waals surface area contributed by atoms with Crippen LogP contribution in [0.3, 0.4) is 0 Å². The van der Waals surface area contributed by atoms with Gasteiger partial charge in [-0.05, 0) is 30.7 Å². The maximum absolute atomic E-state index is 11.8. The van der Waals surface area contributed by atoms with Gasteiger partial charge < -0.3 is 0 Å². The number of ketones is 2. The molecule has 0 bridgehead atoms. The molecule has 1 aromatic rings. The predicted octanol–water partition coefficient (Wildman–Crippen LogP) is 1.89. The summed E-state index contributed by atoms with van der Waals surface area (Å²) >= 11 is 0. The minimum atomic E-state index is -3.28. The molecule has 0 aliphatic carbocycles. The lowest BCUT2D eigenvalue weighted by Gasteiger charge is -2.06. The van der Waals surface area contributed by atoms with Crippen molar-refractivity contribution in [2.45, 2.75) is 25.2 Å². The van der Waals surface area contributed by atoms with Gasteiger partial charge in [0.1, 0.15) is 0 Å². The first-order valence-corrected chi connectivity index (χ1v) is 7.55. The van der Waals surface area contributed by atoms with Crippen LogP contribution in [0.25, 0.3) is 0 Å². The van der Waals surface area contributed by atoms with Crippen LogP contribution >= 0.6 is 0 Å². The SMILES string of the molecule is CCC(C)C(=O)C(=O)c1ccc(S(C)(=O)=O)cc1. The number of carbonyl (C=O) groups excluding carboxylic acids is 2. The highest BCUT2D eigenvalue weighted by Gasteiger charge is 2.21. The zero-order valence-electron chi connectivity index (χ0n) is 10.6. The molecule has 1 rings (SSSR count). The van der Waals surface area contributed by atoms with Gasteiger partial charge in [0.05, 0.1) is 4.90 Å². The van der Waals surface area contributed by atoms with Crippen molar-refractivity contribution in [3.63, 3.8) is 0 Å². The predicted molar refractivity (Wildman–Crippen MR) is 68.3 cm³/mol. The summed E-state index contributed by atoms with van der Waals surface area (Å²) in [6.45, 7) is 3.54. The summed E-state index contributed by atoms with van der Waals surface area (Å²) in [6, 6.07) is 5.43. The topological polar surface area (TPSA) is 68.3 Å². The van der Waals surface area contributed by atoms with E-state index in [9.17, 15) is 18.0 Å². The van der Waals surface area contributed by atoms with Gasteiger partial charge in [0, 0.05) is 17.7 Å². The van der Waals surface area contributed by atoms with Crippen LogP contribution in [0.5, 0.6) is 0 Å². The highest BCUT2D eigenvalue weighted by Crippen LogP contribution is 2.13. The fourth-order valence-corrected chi connectivity index (χ4v) is 2.04. The van der Waals surface area contributed by atoms with E-state index in [-0.39, 0.29) is 16.4 Å². The lowest BCUT2D eigenvalue weighted by atomic mass is 9.96. The van der Waals surface area contributed by atoms with Crippen LogP contribution < -0.4 is 0 Å². The second-order valence-corrected chi connectivity index (χ2v) is 6.31. The third-order valence-corrected chi connectivity index (χ3v) is 3.96. The Hall–Kier alpha value is -1.49. The molecule has 0 N–H and O–H groups in total. The van der Waals surface area contributed by atoms with Gasteiger partial charge in [-0.25, -0.2) is 8.42 Å². The van der Waals surface area contributed by atoms with Crippen molar-refractivity contribution in [2.24, 2.45) is 5.92 Å². The molecule has 0 aromatic heterocycles. The zero-order valence-corrected chi connectivity index (χ0v) is 11.5. The number of carbonyl (C=O) groups is 2. The van der Waals surface area contributed by atoms with Gasteiger partial charge in [0.2, 0.25) is 11.6 Å². The van der Waals surface area contributed by atoms with Crippen LogP contribution in [0.2, 0.25) is 0 Å². The quantitative estimate of drug-likeness (QED) is 0.604. The maximum atomic E-state index is 11.8. The van der Waals surface area contributed by atoms with E-state index in [0.29, 0.717) is 6.42 Å².